The summed E-state index contributed by atoms with van der Waals surface area (Å²) < 4.78 is 16.2. The number of halogens is 1. The number of rotatable bonds is 9. The first-order valence-corrected chi connectivity index (χ1v) is 11.8. The zero-order valence-corrected chi connectivity index (χ0v) is 21.1. The van der Waals surface area contributed by atoms with E-state index >= 15 is 0 Å². The molecule has 2 N–H and O–H groups in total. The van der Waals surface area contributed by atoms with E-state index in [0.717, 1.165) is 22.3 Å². The second-order valence-electron chi connectivity index (χ2n) is 9.50. The van der Waals surface area contributed by atoms with Crippen LogP contribution in [0.3, 0.4) is 0 Å². The molecule has 1 aromatic carbocycles. The Balaban J connectivity index is 2.04. The average Bonchev–Trinajstić information content (AvgIpc) is 2.78. The monoisotopic (exact) mass is 494 g/mol. The lowest BCUT2D eigenvalue weighted by molar-refractivity contribution is -0.138. The summed E-state index contributed by atoms with van der Waals surface area (Å²) in [6, 6.07) is 8.13. The van der Waals surface area contributed by atoms with E-state index in [4.69, 9.17) is 0 Å². The zero-order valence-electron chi connectivity index (χ0n) is 21.1. The number of carbonyl (C=O) groups is 2. The van der Waals surface area contributed by atoms with Gasteiger partial charge in [0.2, 0.25) is 11.9 Å². The molecule has 0 saturated carbocycles. The lowest BCUT2D eigenvalue weighted by atomic mass is 9.96. The number of aliphatic carboxylic acids is 1. The van der Waals surface area contributed by atoms with E-state index in [1.165, 1.54) is 16.7 Å². The van der Waals surface area contributed by atoms with Gasteiger partial charge >= 0.3 is 5.97 Å². The number of aromatic nitrogens is 3. The van der Waals surface area contributed by atoms with Crippen LogP contribution in [-0.4, -0.2) is 31.7 Å². The molecule has 0 bridgehead atoms. The minimum Gasteiger partial charge on any atom is -0.481 e. The van der Waals surface area contributed by atoms with Gasteiger partial charge in [0, 0.05) is 23.4 Å². The molecule has 0 unspecified atom stereocenters. The fourth-order valence-corrected chi connectivity index (χ4v) is 4.30. The SMILES string of the molecule is Cc1ccn([C@H](CC(C)C)C(=O)N[C@@H](CC(=O)O)c2cc(-c3c(C)cccc3C)nnc2F)c(=O)c1. The maximum atomic E-state index is 14.9. The molecule has 8 nitrogen and oxygen atoms in total. The van der Waals surface area contributed by atoms with E-state index in [2.05, 4.69) is 15.5 Å². The molecule has 3 aromatic rings. The van der Waals surface area contributed by atoms with E-state index in [1.54, 1.807) is 19.2 Å². The Morgan fingerprint density at radius 1 is 1.08 bits per heavy atom. The third-order valence-electron chi connectivity index (χ3n) is 6.02. The lowest BCUT2D eigenvalue weighted by Gasteiger charge is -2.25. The minimum atomic E-state index is -1.22. The molecule has 3 rings (SSSR count). The summed E-state index contributed by atoms with van der Waals surface area (Å²) in [6.45, 7) is 9.38. The normalized spacial score (nSPS) is 12.9. The van der Waals surface area contributed by atoms with Crippen LogP contribution in [0.15, 0.2) is 47.4 Å². The summed E-state index contributed by atoms with van der Waals surface area (Å²) in [7, 11) is 0. The summed E-state index contributed by atoms with van der Waals surface area (Å²) in [4.78, 5) is 37.7. The van der Waals surface area contributed by atoms with Crippen molar-refractivity contribution in [3.8, 4) is 11.3 Å². The summed E-state index contributed by atoms with van der Waals surface area (Å²) >= 11 is 0. The molecule has 0 spiro atoms. The summed E-state index contributed by atoms with van der Waals surface area (Å²) in [5.74, 6) is -2.71. The van der Waals surface area contributed by atoms with Crippen molar-refractivity contribution in [3.63, 3.8) is 0 Å². The van der Waals surface area contributed by atoms with Gasteiger partial charge in [0.05, 0.1) is 18.2 Å². The first-order chi connectivity index (χ1) is 17.0. The highest BCUT2D eigenvalue weighted by atomic mass is 19.1. The van der Waals surface area contributed by atoms with Crippen LogP contribution in [0.5, 0.6) is 0 Å². The molecule has 36 heavy (non-hydrogen) atoms. The van der Waals surface area contributed by atoms with Crippen molar-refractivity contribution in [1.82, 2.24) is 20.1 Å². The molecule has 0 aliphatic rings. The molecule has 0 saturated heterocycles. The Bertz CT molecular complexity index is 1320. The molecule has 2 atom stereocenters. The topological polar surface area (TPSA) is 114 Å². The maximum absolute atomic E-state index is 14.9. The number of amides is 1. The van der Waals surface area contributed by atoms with Gasteiger partial charge in [-0.15, -0.1) is 10.2 Å². The number of pyridine rings is 1. The second kappa shape index (κ2) is 11.2. The van der Waals surface area contributed by atoms with Crippen LogP contribution in [-0.2, 0) is 9.59 Å². The molecule has 0 radical (unpaired) electrons. The van der Waals surface area contributed by atoms with Crippen LogP contribution in [0.2, 0.25) is 0 Å². The van der Waals surface area contributed by atoms with Gasteiger partial charge in [-0.1, -0.05) is 32.0 Å². The van der Waals surface area contributed by atoms with Gasteiger partial charge in [-0.25, -0.2) is 0 Å². The third kappa shape index (κ3) is 6.21. The van der Waals surface area contributed by atoms with Crippen molar-refractivity contribution >= 4 is 11.9 Å². The summed E-state index contributed by atoms with van der Waals surface area (Å²) in [5.41, 5.74) is 3.26. The molecular weight excluding hydrogens is 463 g/mol. The minimum absolute atomic E-state index is 0.0573. The number of nitrogens with zero attached hydrogens (tertiary/aromatic N) is 3. The van der Waals surface area contributed by atoms with E-state index in [-0.39, 0.29) is 17.0 Å². The van der Waals surface area contributed by atoms with E-state index < -0.39 is 36.3 Å². The highest BCUT2D eigenvalue weighted by Crippen LogP contribution is 2.29. The maximum Gasteiger partial charge on any atom is 0.305 e. The number of hydrogen-bond acceptors (Lipinski definition) is 5. The fourth-order valence-electron chi connectivity index (χ4n) is 4.30. The van der Waals surface area contributed by atoms with Gasteiger partial charge in [-0.2, -0.15) is 4.39 Å². The number of carboxylic acids is 1. The number of benzene rings is 1. The molecule has 2 heterocycles. The summed E-state index contributed by atoms with van der Waals surface area (Å²) in [6.07, 6.45) is 1.31. The van der Waals surface area contributed by atoms with Crippen molar-refractivity contribution in [2.24, 2.45) is 5.92 Å². The van der Waals surface area contributed by atoms with E-state index in [9.17, 15) is 23.9 Å². The van der Waals surface area contributed by atoms with Gasteiger partial charge < -0.3 is 15.0 Å². The van der Waals surface area contributed by atoms with E-state index in [1.807, 2.05) is 45.9 Å². The Kier molecular flexibility index (Phi) is 8.34. The quantitative estimate of drug-likeness (QED) is 0.459. The van der Waals surface area contributed by atoms with Crippen LogP contribution < -0.4 is 10.9 Å². The van der Waals surface area contributed by atoms with Crippen molar-refractivity contribution in [3.05, 3.63) is 81.2 Å². The Morgan fingerprint density at radius 2 is 1.75 bits per heavy atom. The summed E-state index contributed by atoms with van der Waals surface area (Å²) in [5, 5.41) is 19.8. The number of nitrogens with one attached hydrogen (secondary N) is 1. The number of carbonyl (C=O) groups excluding carboxylic acids is 1. The Hall–Kier alpha value is -3.88. The number of carboxylic acid groups (broad SMARTS) is 1. The second-order valence-corrected chi connectivity index (χ2v) is 9.50. The standard InChI is InChI=1S/C27H31FN4O4/c1-15(2)11-22(32-10-9-16(3)12-23(32)33)27(36)29-20(14-24(34)35)19-13-21(30-31-26(19)28)25-17(4)7-6-8-18(25)5/h6-10,12-13,15,20,22H,11,14H2,1-5H3,(H,29,36)(H,34,35)/t20-,22+/m0/s1. The molecule has 190 valence electrons. The molecule has 0 aliphatic carbocycles. The van der Waals surface area contributed by atoms with E-state index in [0.29, 0.717) is 12.1 Å². The average molecular weight is 495 g/mol. The van der Waals surface area contributed by atoms with Crippen LogP contribution in [0, 0.1) is 32.6 Å². The van der Waals surface area contributed by atoms with Gasteiger partial charge in [0.15, 0.2) is 0 Å². The van der Waals surface area contributed by atoms with Gasteiger partial charge in [0.25, 0.3) is 5.56 Å². The molecular formula is C27H31FN4O4. The molecule has 1 amide bonds. The molecule has 0 fully saturated rings. The smallest absolute Gasteiger partial charge is 0.305 e. The van der Waals surface area contributed by atoms with Gasteiger partial charge in [-0.05, 0) is 61.9 Å². The van der Waals surface area contributed by atoms with Crippen molar-refractivity contribution in [1.29, 1.82) is 0 Å². The predicted octanol–water partition coefficient (Wildman–Crippen LogP) is 4.29. The lowest BCUT2D eigenvalue weighted by Crippen LogP contribution is -2.40. The number of hydrogen-bond donors (Lipinski definition) is 2. The molecule has 9 heteroatoms. The molecule has 2 aromatic heterocycles. The largest absolute Gasteiger partial charge is 0.481 e. The van der Waals surface area contributed by atoms with Gasteiger partial charge in [0.1, 0.15) is 6.04 Å². The predicted molar refractivity (Wildman–Crippen MR) is 134 cm³/mol. The van der Waals surface area contributed by atoms with Crippen LogP contribution in [0.25, 0.3) is 11.3 Å². The highest BCUT2D eigenvalue weighted by Gasteiger charge is 2.29. The Labute approximate surface area is 209 Å². The highest BCUT2D eigenvalue weighted by molar-refractivity contribution is 5.81. The Morgan fingerprint density at radius 3 is 2.33 bits per heavy atom. The fraction of sp³-hybridized carbons (Fsp3) is 0.370. The van der Waals surface area contributed by atoms with Crippen LogP contribution in [0.4, 0.5) is 4.39 Å². The number of aryl methyl sites for hydroxylation is 3. The van der Waals surface area contributed by atoms with Crippen molar-refractivity contribution in [2.45, 2.75) is 59.5 Å². The molecule has 0 aliphatic heterocycles. The first kappa shape index (κ1) is 26.7. The van der Waals surface area contributed by atoms with Crippen molar-refractivity contribution < 1.29 is 19.1 Å². The van der Waals surface area contributed by atoms with Crippen molar-refractivity contribution in [2.75, 3.05) is 0 Å². The zero-order chi connectivity index (χ0) is 26.6. The van der Waals surface area contributed by atoms with Crippen LogP contribution >= 0.6 is 0 Å². The van der Waals surface area contributed by atoms with Crippen LogP contribution in [0.1, 0.15) is 61.0 Å². The third-order valence-corrected chi connectivity index (χ3v) is 6.02. The van der Waals surface area contributed by atoms with Gasteiger partial charge in [-0.3, -0.25) is 14.4 Å². The first-order valence-electron chi connectivity index (χ1n) is 11.8.